The van der Waals surface area contributed by atoms with Crippen molar-refractivity contribution in [2.75, 3.05) is 19.7 Å². The smallest absolute Gasteiger partial charge is 0.253 e. The van der Waals surface area contributed by atoms with Crippen molar-refractivity contribution in [1.29, 1.82) is 0 Å². The van der Waals surface area contributed by atoms with Crippen molar-refractivity contribution in [1.82, 2.24) is 4.90 Å². The van der Waals surface area contributed by atoms with Gasteiger partial charge in [-0.25, -0.2) is 0 Å². The number of phenolic OH excluding ortho intramolecular Hbond substituents is 1. The number of benzene rings is 3. The first-order valence-corrected chi connectivity index (χ1v) is 9.61. The van der Waals surface area contributed by atoms with E-state index in [1.165, 1.54) is 0 Å². The molecule has 0 aliphatic heterocycles. The first-order valence-electron chi connectivity index (χ1n) is 9.61. The first-order chi connectivity index (χ1) is 14.1. The van der Waals surface area contributed by atoms with E-state index in [2.05, 4.69) is 0 Å². The number of hydrogen-bond acceptors (Lipinski definition) is 4. The van der Waals surface area contributed by atoms with Gasteiger partial charge in [0.2, 0.25) is 0 Å². The second kappa shape index (κ2) is 9.75. The zero-order valence-corrected chi connectivity index (χ0v) is 16.4. The number of aliphatic hydroxyl groups excluding tert-OH is 1. The summed E-state index contributed by atoms with van der Waals surface area (Å²) < 4.78 is 5.58. The summed E-state index contributed by atoms with van der Waals surface area (Å²) in [7, 11) is 0. The molecule has 0 aliphatic carbocycles. The van der Waals surface area contributed by atoms with E-state index in [1.807, 2.05) is 55.5 Å². The van der Waals surface area contributed by atoms with Crippen molar-refractivity contribution in [3.63, 3.8) is 0 Å². The van der Waals surface area contributed by atoms with Gasteiger partial charge in [0.15, 0.2) is 0 Å². The van der Waals surface area contributed by atoms with Gasteiger partial charge in [-0.1, -0.05) is 42.5 Å². The quantitative estimate of drug-likeness (QED) is 0.610. The lowest BCUT2D eigenvalue weighted by molar-refractivity contribution is 0.0514. The Balaban J connectivity index is 1.65. The molecule has 0 unspecified atom stereocenters. The van der Waals surface area contributed by atoms with Gasteiger partial charge in [0, 0.05) is 12.1 Å². The van der Waals surface area contributed by atoms with Crippen LogP contribution in [-0.4, -0.2) is 46.8 Å². The average molecular weight is 391 g/mol. The molecule has 3 aromatic rings. The molecule has 0 bridgehead atoms. The molecule has 0 radical (unpaired) electrons. The zero-order valence-electron chi connectivity index (χ0n) is 16.4. The van der Waals surface area contributed by atoms with Gasteiger partial charge in [-0.05, 0) is 54.4 Å². The van der Waals surface area contributed by atoms with Crippen molar-refractivity contribution in [2.24, 2.45) is 0 Å². The summed E-state index contributed by atoms with van der Waals surface area (Å²) in [6.45, 7) is 2.66. The van der Waals surface area contributed by atoms with Crippen LogP contribution in [0.15, 0.2) is 78.9 Å². The van der Waals surface area contributed by atoms with Crippen LogP contribution in [0.1, 0.15) is 17.3 Å². The maximum absolute atomic E-state index is 13.0. The molecule has 150 valence electrons. The molecule has 1 atom stereocenters. The molecule has 3 aromatic carbocycles. The van der Waals surface area contributed by atoms with E-state index in [-0.39, 0.29) is 24.8 Å². The Morgan fingerprint density at radius 3 is 2.38 bits per heavy atom. The number of nitrogens with zero attached hydrogens (tertiary/aromatic N) is 1. The second-order valence-electron chi connectivity index (χ2n) is 6.75. The molecule has 0 spiro atoms. The number of phenols is 1. The van der Waals surface area contributed by atoms with Crippen molar-refractivity contribution in [3.8, 4) is 22.6 Å². The van der Waals surface area contributed by atoms with E-state index in [1.54, 1.807) is 35.2 Å². The number of amides is 1. The van der Waals surface area contributed by atoms with Gasteiger partial charge in [0.25, 0.3) is 5.91 Å². The number of aliphatic hydroxyl groups is 1. The normalized spacial score (nSPS) is 11.7. The Labute approximate surface area is 170 Å². The van der Waals surface area contributed by atoms with Crippen molar-refractivity contribution in [2.45, 2.75) is 13.0 Å². The van der Waals surface area contributed by atoms with Crippen LogP contribution in [-0.2, 0) is 0 Å². The topological polar surface area (TPSA) is 70.0 Å². The molecule has 0 saturated carbocycles. The monoisotopic (exact) mass is 391 g/mol. The summed E-state index contributed by atoms with van der Waals surface area (Å²) in [5, 5.41) is 19.8. The number of hydrogen-bond donors (Lipinski definition) is 2. The summed E-state index contributed by atoms with van der Waals surface area (Å²) >= 11 is 0. The van der Waals surface area contributed by atoms with Gasteiger partial charge in [-0.15, -0.1) is 0 Å². The summed E-state index contributed by atoms with van der Waals surface area (Å²) in [4.78, 5) is 14.6. The molecule has 3 rings (SSSR count). The molecule has 5 nitrogen and oxygen atoms in total. The summed E-state index contributed by atoms with van der Waals surface area (Å²) in [6, 6.07) is 23.5. The van der Waals surface area contributed by atoms with Gasteiger partial charge in [-0.2, -0.15) is 0 Å². The number of carbonyl (C=O) groups excluding carboxylic acids is 1. The highest BCUT2D eigenvalue weighted by Gasteiger charge is 2.18. The lowest BCUT2D eigenvalue weighted by Crippen LogP contribution is -2.39. The second-order valence-corrected chi connectivity index (χ2v) is 6.75. The van der Waals surface area contributed by atoms with Crippen LogP contribution < -0.4 is 4.74 Å². The third kappa shape index (κ3) is 5.59. The van der Waals surface area contributed by atoms with E-state index >= 15 is 0 Å². The summed E-state index contributed by atoms with van der Waals surface area (Å²) in [5.74, 6) is 0.735. The molecule has 0 heterocycles. The van der Waals surface area contributed by atoms with Crippen LogP contribution in [0.5, 0.6) is 11.5 Å². The molecule has 0 fully saturated rings. The standard InChI is InChI=1S/C24H25NO4/c1-2-25(16-22(27)17-29-23-9-4-3-5-10-23)24(28)20-8-6-7-19(15-20)18-11-13-21(26)14-12-18/h3-15,22,26-27H,2,16-17H2,1H3/t22-/m0/s1. The molecule has 2 N–H and O–H groups in total. The van der Waals surface area contributed by atoms with Gasteiger partial charge in [0.1, 0.15) is 24.2 Å². The number of likely N-dealkylation sites (N-methyl/N-ethyl adjacent to an activating group) is 1. The molecular weight excluding hydrogens is 366 g/mol. The Morgan fingerprint density at radius 2 is 1.69 bits per heavy atom. The van der Waals surface area contributed by atoms with E-state index in [4.69, 9.17) is 4.74 Å². The molecule has 0 aromatic heterocycles. The Bertz CT molecular complexity index is 925. The minimum atomic E-state index is -0.792. The fourth-order valence-corrected chi connectivity index (χ4v) is 3.04. The highest BCUT2D eigenvalue weighted by Crippen LogP contribution is 2.23. The average Bonchev–Trinajstić information content (AvgIpc) is 2.77. The maximum Gasteiger partial charge on any atom is 0.253 e. The van der Waals surface area contributed by atoms with Gasteiger partial charge >= 0.3 is 0 Å². The number of ether oxygens (including phenoxy) is 1. The molecule has 5 heteroatoms. The predicted octanol–water partition coefficient (Wildman–Crippen LogP) is 3.96. The van der Waals surface area contributed by atoms with Crippen LogP contribution in [0, 0.1) is 0 Å². The number of para-hydroxylation sites is 1. The largest absolute Gasteiger partial charge is 0.508 e. The van der Waals surface area contributed by atoms with Gasteiger partial charge < -0.3 is 19.8 Å². The van der Waals surface area contributed by atoms with Crippen molar-refractivity contribution in [3.05, 3.63) is 84.4 Å². The lowest BCUT2D eigenvalue weighted by atomic mass is 10.0. The summed E-state index contributed by atoms with van der Waals surface area (Å²) in [5.41, 5.74) is 2.35. The minimum absolute atomic E-state index is 0.112. The number of carbonyl (C=O) groups is 1. The van der Waals surface area contributed by atoms with Crippen LogP contribution in [0.25, 0.3) is 11.1 Å². The SMILES string of the molecule is CCN(C[C@H](O)COc1ccccc1)C(=O)c1cccc(-c2ccc(O)cc2)c1. The Morgan fingerprint density at radius 1 is 0.966 bits per heavy atom. The van der Waals surface area contributed by atoms with Crippen LogP contribution in [0.3, 0.4) is 0 Å². The zero-order chi connectivity index (χ0) is 20.6. The van der Waals surface area contributed by atoms with Crippen molar-refractivity contribution >= 4 is 5.91 Å². The maximum atomic E-state index is 13.0. The van der Waals surface area contributed by atoms with E-state index in [0.717, 1.165) is 11.1 Å². The molecular formula is C24H25NO4. The third-order valence-corrected chi connectivity index (χ3v) is 4.60. The highest BCUT2D eigenvalue weighted by molar-refractivity contribution is 5.95. The van der Waals surface area contributed by atoms with Crippen LogP contribution >= 0.6 is 0 Å². The fraction of sp³-hybridized carbons (Fsp3) is 0.208. The van der Waals surface area contributed by atoms with Gasteiger partial charge in [0.05, 0.1) is 6.54 Å². The minimum Gasteiger partial charge on any atom is -0.508 e. The Hall–Kier alpha value is -3.31. The number of aromatic hydroxyl groups is 1. The van der Waals surface area contributed by atoms with E-state index < -0.39 is 6.10 Å². The molecule has 0 saturated heterocycles. The van der Waals surface area contributed by atoms with Crippen LogP contribution in [0.2, 0.25) is 0 Å². The molecule has 0 aliphatic rings. The third-order valence-electron chi connectivity index (χ3n) is 4.60. The Kier molecular flexibility index (Phi) is 6.87. The lowest BCUT2D eigenvalue weighted by Gasteiger charge is -2.24. The van der Waals surface area contributed by atoms with Crippen molar-refractivity contribution < 1.29 is 19.7 Å². The predicted molar refractivity (Wildman–Crippen MR) is 113 cm³/mol. The molecule has 29 heavy (non-hydrogen) atoms. The number of rotatable bonds is 8. The van der Waals surface area contributed by atoms with Gasteiger partial charge in [-0.3, -0.25) is 4.79 Å². The molecule has 1 amide bonds. The highest BCUT2D eigenvalue weighted by atomic mass is 16.5. The van der Waals surface area contributed by atoms with E-state index in [9.17, 15) is 15.0 Å². The first kappa shape index (κ1) is 20.4. The van der Waals surface area contributed by atoms with E-state index in [0.29, 0.717) is 17.9 Å². The fourth-order valence-electron chi connectivity index (χ4n) is 3.04. The van der Waals surface area contributed by atoms with Crippen LogP contribution in [0.4, 0.5) is 0 Å². The summed E-state index contributed by atoms with van der Waals surface area (Å²) in [6.07, 6.45) is -0.792.